The van der Waals surface area contributed by atoms with E-state index in [1.807, 2.05) is 18.2 Å². The van der Waals surface area contributed by atoms with Crippen molar-refractivity contribution in [1.29, 1.82) is 0 Å². The van der Waals surface area contributed by atoms with Gasteiger partial charge in [0.1, 0.15) is 22.6 Å². The Morgan fingerprint density at radius 3 is 2.51 bits per heavy atom. The minimum absolute atomic E-state index is 0.0411. The van der Waals surface area contributed by atoms with Gasteiger partial charge in [0.05, 0.1) is 31.5 Å². The summed E-state index contributed by atoms with van der Waals surface area (Å²) in [5.41, 5.74) is 4.18. The SMILES string of the molecule is CNC(=O)COC1=Cc2cc(Nc3nc(N4CCC(OC5CC(N6CCC(c7ccc8c(c7F)CN(C7CCC(=O)NC7=O)C8=O)CC6)C5)CC4)ncc3Cl)ccc2N(C(C)C)C1. The van der Waals surface area contributed by atoms with Crippen LogP contribution in [0.15, 0.2) is 42.3 Å². The number of hydrogen-bond donors (Lipinski definition) is 3. The lowest BCUT2D eigenvalue weighted by molar-refractivity contribution is -0.137. The highest BCUT2D eigenvalue weighted by Crippen LogP contribution is 2.40. The number of nitrogens with zero attached hydrogens (tertiary/aromatic N) is 6. The maximum absolute atomic E-state index is 16.0. The van der Waals surface area contributed by atoms with Crippen molar-refractivity contribution in [2.75, 3.05) is 61.5 Å². The van der Waals surface area contributed by atoms with E-state index in [0.29, 0.717) is 46.1 Å². The number of carbonyl (C=O) groups excluding carboxylic acids is 4. The largest absolute Gasteiger partial charge is 0.486 e. The van der Waals surface area contributed by atoms with Gasteiger partial charge in [-0.25, -0.2) is 9.37 Å². The van der Waals surface area contributed by atoms with Crippen molar-refractivity contribution in [3.8, 4) is 0 Å². The van der Waals surface area contributed by atoms with Crippen LogP contribution in [0.3, 0.4) is 0 Å². The predicted octanol–water partition coefficient (Wildman–Crippen LogP) is 5.50. The lowest BCUT2D eigenvalue weighted by Crippen LogP contribution is -2.52. The average molecular weight is 884 g/mol. The highest BCUT2D eigenvalue weighted by molar-refractivity contribution is 6.33. The number of anilines is 4. The van der Waals surface area contributed by atoms with Crippen LogP contribution in [0.25, 0.3) is 6.08 Å². The number of likely N-dealkylation sites (N-methyl/N-ethyl adjacent to an activating group) is 1. The quantitative estimate of drug-likeness (QED) is 0.196. The molecule has 9 rings (SSSR count). The molecule has 4 amide bonds. The van der Waals surface area contributed by atoms with Crippen molar-refractivity contribution < 1.29 is 33.0 Å². The van der Waals surface area contributed by atoms with Gasteiger partial charge in [-0.05, 0) is 114 Å². The third-order valence-corrected chi connectivity index (χ3v) is 13.9. The second kappa shape index (κ2) is 18.0. The number of aromatic nitrogens is 2. The number of benzene rings is 2. The van der Waals surface area contributed by atoms with E-state index < -0.39 is 11.9 Å². The van der Waals surface area contributed by atoms with Crippen molar-refractivity contribution in [2.24, 2.45) is 0 Å². The number of imide groups is 1. The van der Waals surface area contributed by atoms with E-state index in [9.17, 15) is 19.2 Å². The van der Waals surface area contributed by atoms with E-state index in [1.165, 1.54) is 4.90 Å². The molecule has 1 unspecified atom stereocenters. The summed E-state index contributed by atoms with van der Waals surface area (Å²) in [5.74, 6) is 0.210. The van der Waals surface area contributed by atoms with Crippen molar-refractivity contribution in [1.82, 2.24) is 30.4 Å². The fourth-order valence-electron chi connectivity index (χ4n) is 9.92. The molecule has 3 aromatic rings. The average Bonchev–Trinajstić information content (AvgIpc) is 3.60. The molecule has 4 fully saturated rings. The summed E-state index contributed by atoms with van der Waals surface area (Å²) in [4.78, 5) is 66.9. The van der Waals surface area contributed by atoms with Gasteiger partial charge in [-0.1, -0.05) is 17.7 Å². The molecule has 3 N–H and O–H groups in total. The van der Waals surface area contributed by atoms with Gasteiger partial charge >= 0.3 is 0 Å². The monoisotopic (exact) mass is 883 g/mol. The summed E-state index contributed by atoms with van der Waals surface area (Å²) in [5, 5.41) is 8.72. The Morgan fingerprint density at radius 1 is 1.00 bits per heavy atom. The van der Waals surface area contributed by atoms with Crippen molar-refractivity contribution in [3.63, 3.8) is 0 Å². The van der Waals surface area contributed by atoms with Gasteiger partial charge in [0.25, 0.3) is 11.8 Å². The molecular formula is C46H55ClFN9O6. The number of likely N-dealkylation sites (tertiary alicyclic amines) is 1. The zero-order valence-electron chi connectivity index (χ0n) is 36.0. The van der Waals surface area contributed by atoms with E-state index in [4.69, 9.17) is 26.1 Å². The van der Waals surface area contributed by atoms with E-state index in [1.54, 1.807) is 25.4 Å². The number of hydrogen-bond acceptors (Lipinski definition) is 12. The molecule has 6 heterocycles. The molecule has 1 aliphatic carbocycles. The van der Waals surface area contributed by atoms with Crippen LogP contribution in [0.4, 0.5) is 27.5 Å². The number of carbonyl (C=O) groups is 4. The normalized spacial score (nSPS) is 23.3. The predicted molar refractivity (Wildman–Crippen MR) is 236 cm³/mol. The molecule has 6 aliphatic rings. The summed E-state index contributed by atoms with van der Waals surface area (Å²) in [7, 11) is 1.59. The first-order valence-electron chi connectivity index (χ1n) is 22.3. The van der Waals surface area contributed by atoms with Crippen LogP contribution >= 0.6 is 11.6 Å². The Kier molecular flexibility index (Phi) is 12.3. The smallest absolute Gasteiger partial charge is 0.257 e. The topological polar surface area (TPSA) is 162 Å². The first-order valence-corrected chi connectivity index (χ1v) is 22.6. The molecule has 3 saturated heterocycles. The first kappa shape index (κ1) is 43.0. The number of amides is 4. The van der Waals surface area contributed by atoms with Gasteiger partial charge in [-0.2, -0.15) is 4.98 Å². The fourth-order valence-corrected chi connectivity index (χ4v) is 10.1. The molecule has 15 nitrogen and oxygen atoms in total. The molecule has 2 aromatic carbocycles. The third-order valence-electron chi connectivity index (χ3n) is 13.6. The van der Waals surface area contributed by atoms with E-state index in [2.05, 4.69) is 55.5 Å². The fraction of sp³-hybridized carbons (Fsp3) is 0.522. The Morgan fingerprint density at radius 2 is 1.78 bits per heavy atom. The summed E-state index contributed by atoms with van der Waals surface area (Å²) in [6, 6.07) is 9.51. The second-order valence-electron chi connectivity index (χ2n) is 17.8. The minimum Gasteiger partial charge on any atom is -0.486 e. The number of halogens is 2. The molecule has 5 aliphatic heterocycles. The van der Waals surface area contributed by atoms with Crippen molar-refractivity contribution in [2.45, 2.75) is 108 Å². The zero-order valence-corrected chi connectivity index (χ0v) is 36.8. The van der Waals surface area contributed by atoms with E-state index in [-0.39, 0.29) is 73.7 Å². The maximum atomic E-state index is 16.0. The van der Waals surface area contributed by atoms with Crippen LogP contribution in [-0.2, 0) is 30.4 Å². The lowest BCUT2D eigenvalue weighted by atomic mass is 9.83. The zero-order chi connectivity index (χ0) is 43.9. The first-order chi connectivity index (χ1) is 30.4. The van der Waals surface area contributed by atoms with Crippen LogP contribution in [-0.4, -0.2) is 120 Å². The standard InChI is InChI=1S/C46H55ClFN9O6/c1-26(2)56-23-33(62-25-41(59)49-3)19-28-18-29(4-7-38(28)56)51-43-37(47)22-50-46(53-43)55-16-12-31(13-17-55)63-32-20-30(21-32)54-14-10-27(11-15-54)34-5-6-35-36(42(34)48)24-57(45(35)61)39-8-9-40(58)52-44(39)60/h4-7,18-19,22,26-27,30-32,39H,8-17,20-21,23-25H2,1-3H3,(H,49,59)(H,50,51,53)(H,52,58,60). The van der Waals surface area contributed by atoms with Crippen LogP contribution < -0.4 is 25.8 Å². The number of ether oxygens (including phenoxy) is 2. The summed E-state index contributed by atoms with van der Waals surface area (Å²) in [6.45, 7) is 8.14. The lowest BCUT2D eigenvalue weighted by Gasteiger charge is -2.47. The molecule has 1 aromatic heterocycles. The molecule has 334 valence electrons. The number of rotatable bonds is 12. The number of piperidine rings is 3. The minimum atomic E-state index is -0.762. The van der Waals surface area contributed by atoms with Crippen LogP contribution in [0.5, 0.6) is 0 Å². The molecule has 1 atom stereocenters. The van der Waals surface area contributed by atoms with E-state index >= 15 is 4.39 Å². The van der Waals surface area contributed by atoms with E-state index in [0.717, 1.165) is 87.4 Å². The molecule has 0 radical (unpaired) electrons. The summed E-state index contributed by atoms with van der Waals surface area (Å²) < 4.78 is 28.5. The van der Waals surface area contributed by atoms with Crippen LogP contribution in [0, 0.1) is 5.82 Å². The van der Waals surface area contributed by atoms with Gasteiger partial charge in [0.2, 0.25) is 17.8 Å². The third kappa shape index (κ3) is 8.94. The summed E-state index contributed by atoms with van der Waals surface area (Å²) >= 11 is 6.62. The van der Waals surface area contributed by atoms with Crippen LogP contribution in [0.1, 0.15) is 98.2 Å². The maximum Gasteiger partial charge on any atom is 0.257 e. The van der Waals surface area contributed by atoms with Gasteiger partial charge < -0.3 is 39.7 Å². The van der Waals surface area contributed by atoms with Gasteiger partial charge in [-0.3, -0.25) is 24.5 Å². The van der Waals surface area contributed by atoms with Gasteiger partial charge in [0, 0.05) is 66.7 Å². The van der Waals surface area contributed by atoms with Gasteiger partial charge in [-0.15, -0.1) is 0 Å². The highest BCUT2D eigenvalue weighted by atomic mass is 35.5. The second-order valence-corrected chi connectivity index (χ2v) is 18.2. The number of fused-ring (bicyclic) bond motifs is 2. The number of nitrogens with one attached hydrogen (secondary N) is 3. The van der Waals surface area contributed by atoms with Crippen LogP contribution in [0.2, 0.25) is 5.02 Å². The van der Waals surface area contributed by atoms with Gasteiger partial charge in [0.15, 0.2) is 12.4 Å². The summed E-state index contributed by atoms with van der Waals surface area (Å²) in [6.07, 6.45) is 9.82. The Labute approximate surface area is 371 Å². The molecule has 1 saturated carbocycles. The molecule has 0 spiro atoms. The Bertz CT molecular complexity index is 2310. The Hall–Kier alpha value is -5.32. The Balaban J connectivity index is 0.734. The molecular weight excluding hydrogens is 829 g/mol. The van der Waals surface area contributed by atoms with Crippen molar-refractivity contribution in [3.05, 3.63) is 75.4 Å². The molecule has 17 heteroatoms. The molecule has 0 bridgehead atoms. The van der Waals surface area contributed by atoms with Crippen molar-refractivity contribution >= 4 is 64.4 Å². The highest BCUT2D eigenvalue weighted by Gasteiger charge is 2.42. The molecule has 63 heavy (non-hydrogen) atoms.